The summed E-state index contributed by atoms with van der Waals surface area (Å²) in [6.07, 6.45) is 4.29. The monoisotopic (exact) mass is 265 g/mol. The molecule has 1 aromatic heterocycles. The maximum atomic E-state index is 4.17. The topological polar surface area (TPSA) is 46.0 Å². The molecule has 108 valence electrons. The Morgan fingerprint density at radius 3 is 2.74 bits per heavy atom. The molecule has 1 N–H and O–H groups in total. The van der Waals surface area contributed by atoms with Crippen LogP contribution in [0.4, 0.5) is 0 Å². The number of rotatable bonds is 6. The smallest absolute Gasteiger partial charge is 0.146 e. The van der Waals surface area contributed by atoms with Crippen molar-refractivity contribution < 1.29 is 0 Å². The Bertz CT molecular complexity index is 366. The van der Waals surface area contributed by atoms with E-state index in [0.29, 0.717) is 6.04 Å². The molecule has 0 bridgehead atoms. The normalized spacial score (nSPS) is 18.3. The van der Waals surface area contributed by atoms with Crippen LogP contribution in [0.2, 0.25) is 0 Å². The third-order valence-corrected chi connectivity index (χ3v) is 3.80. The average molecular weight is 265 g/mol. The van der Waals surface area contributed by atoms with E-state index in [0.717, 1.165) is 24.8 Å². The van der Waals surface area contributed by atoms with Crippen molar-refractivity contribution >= 4 is 0 Å². The predicted octanol–water partition coefficient (Wildman–Crippen LogP) is 1.51. The van der Waals surface area contributed by atoms with Gasteiger partial charge in [-0.3, -0.25) is 0 Å². The molecule has 0 spiro atoms. The molecule has 2 heterocycles. The second-order valence-corrected chi connectivity index (χ2v) is 5.88. The fourth-order valence-electron chi connectivity index (χ4n) is 2.75. The molecular formula is C14H27N5. The molecule has 5 heteroatoms. The van der Waals surface area contributed by atoms with Gasteiger partial charge in [-0.25, -0.2) is 0 Å². The summed E-state index contributed by atoms with van der Waals surface area (Å²) in [7, 11) is 0. The summed E-state index contributed by atoms with van der Waals surface area (Å²) in [5.74, 6) is 1.82. The minimum Gasteiger partial charge on any atom is -0.317 e. The Kier molecular flexibility index (Phi) is 5.34. The minimum absolute atomic E-state index is 0.630. The Hall–Kier alpha value is -0.940. The Balaban J connectivity index is 1.71. The van der Waals surface area contributed by atoms with E-state index in [2.05, 4.69) is 45.8 Å². The minimum atomic E-state index is 0.630. The number of hydrogen-bond donors (Lipinski definition) is 1. The zero-order chi connectivity index (χ0) is 13.7. The molecule has 0 amide bonds. The summed E-state index contributed by atoms with van der Waals surface area (Å²) >= 11 is 0. The number of nitrogens with one attached hydrogen (secondary N) is 1. The average Bonchev–Trinajstić information content (AvgIpc) is 2.84. The molecule has 0 aliphatic carbocycles. The van der Waals surface area contributed by atoms with Gasteiger partial charge in [0, 0.05) is 19.1 Å². The number of hydrogen-bond acceptors (Lipinski definition) is 4. The van der Waals surface area contributed by atoms with Crippen molar-refractivity contribution in [2.75, 3.05) is 19.6 Å². The lowest BCUT2D eigenvalue weighted by Crippen LogP contribution is -2.43. The standard InChI is InChI=1S/C14H27N5/c1-4-19-11-16-17-14(19)9-15-13-5-7-18(8-6-13)10-12(2)3/h11-13,15H,4-10H2,1-3H3. The van der Waals surface area contributed by atoms with Crippen LogP contribution in [0.25, 0.3) is 0 Å². The van der Waals surface area contributed by atoms with E-state index in [1.165, 1.54) is 32.5 Å². The van der Waals surface area contributed by atoms with Gasteiger partial charge in [0.15, 0.2) is 0 Å². The first kappa shape index (κ1) is 14.5. The van der Waals surface area contributed by atoms with Crippen LogP contribution < -0.4 is 5.32 Å². The number of aryl methyl sites for hydroxylation is 1. The SMILES string of the molecule is CCn1cnnc1CNC1CCN(CC(C)C)CC1. The fourth-order valence-corrected chi connectivity index (χ4v) is 2.75. The Morgan fingerprint density at radius 2 is 2.11 bits per heavy atom. The van der Waals surface area contributed by atoms with Gasteiger partial charge in [0.05, 0.1) is 6.54 Å². The summed E-state index contributed by atoms with van der Waals surface area (Å²) in [4.78, 5) is 2.58. The molecule has 1 aliphatic rings. The van der Waals surface area contributed by atoms with Crippen LogP contribution in [-0.4, -0.2) is 45.3 Å². The summed E-state index contributed by atoms with van der Waals surface area (Å²) < 4.78 is 2.10. The van der Waals surface area contributed by atoms with Crippen LogP contribution in [0.3, 0.4) is 0 Å². The first-order valence-electron chi connectivity index (χ1n) is 7.51. The van der Waals surface area contributed by atoms with Crippen LogP contribution in [0, 0.1) is 5.92 Å². The molecule has 2 rings (SSSR count). The third kappa shape index (κ3) is 4.28. The van der Waals surface area contributed by atoms with E-state index in [1.54, 1.807) is 0 Å². The molecular weight excluding hydrogens is 238 g/mol. The summed E-state index contributed by atoms with van der Waals surface area (Å²) in [6, 6.07) is 0.630. The quantitative estimate of drug-likeness (QED) is 0.847. The molecule has 0 unspecified atom stereocenters. The molecule has 0 aromatic carbocycles. The van der Waals surface area contributed by atoms with Crippen molar-refractivity contribution in [1.29, 1.82) is 0 Å². The highest BCUT2D eigenvalue weighted by Crippen LogP contribution is 2.12. The summed E-state index contributed by atoms with van der Waals surface area (Å²) in [5, 5.41) is 11.8. The summed E-state index contributed by atoms with van der Waals surface area (Å²) in [5.41, 5.74) is 0. The van der Waals surface area contributed by atoms with E-state index in [9.17, 15) is 0 Å². The molecule has 0 radical (unpaired) electrons. The molecule has 0 saturated carbocycles. The van der Waals surface area contributed by atoms with Crippen molar-refractivity contribution in [3.63, 3.8) is 0 Å². The van der Waals surface area contributed by atoms with Gasteiger partial charge in [0.25, 0.3) is 0 Å². The Morgan fingerprint density at radius 1 is 1.37 bits per heavy atom. The highest BCUT2D eigenvalue weighted by Gasteiger charge is 2.19. The maximum Gasteiger partial charge on any atom is 0.146 e. The molecule has 1 aromatic rings. The first-order chi connectivity index (χ1) is 9.19. The van der Waals surface area contributed by atoms with Crippen molar-refractivity contribution in [3.05, 3.63) is 12.2 Å². The summed E-state index contributed by atoms with van der Waals surface area (Å²) in [6.45, 7) is 12.2. The lowest BCUT2D eigenvalue weighted by atomic mass is 10.0. The second-order valence-electron chi connectivity index (χ2n) is 5.88. The van der Waals surface area contributed by atoms with Crippen molar-refractivity contribution in [2.45, 2.75) is 52.7 Å². The van der Waals surface area contributed by atoms with E-state index in [1.807, 2.05) is 6.33 Å². The van der Waals surface area contributed by atoms with Gasteiger partial charge in [-0.2, -0.15) is 0 Å². The maximum absolute atomic E-state index is 4.17. The van der Waals surface area contributed by atoms with Gasteiger partial charge >= 0.3 is 0 Å². The van der Waals surface area contributed by atoms with E-state index >= 15 is 0 Å². The van der Waals surface area contributed by atoms with Crippen molar-refractivity contribution in [1.82, 2.24) is 25.0 Å². The highest BCUT2D eigenvalue weighted by molar-refractivity contribution is 4.87. The molecule has 1 saturated heterocycles. The van der Waals surface area contributed by atoms with Crippen LogP contribution in [0.15, 0.2) is 6.33 Å². The molecule has 0 atom stereocenters. The van der Waals surface area contributed by atoms with Gasteiger partial charge in [0.1, 0.15) is 12.2 Å². The lowest BCUT2D eigenvalue weighted by Gasteiger charge is -2.33. The predicted molar refractivity (Wildman–Crippen MR) is 76.8 cm³/mol. The van der Waals surface area contributed by atoms with Crippen molar-refractivity contribution in [2.24, 2.45) is 5.92 Å². The largest absolute Gasteiger partial charge is 0.317 e. The molecule has 5 nitrogen and oxygen atoms in total. The third-order valence-electron chi connectivity index (χ3n) is 3.80. The van der Waals surface area contributed by atoms with Crippen LogP contribution in [0.5, 0.6) is 0 Å². The Labute approximate surface area is 116 Å². The molecule has 1 aliphatic heterocycles. The number of likely N-dealkylation sites (tertiary alicyclic amines) is 1. The van der Waals surface area contributed by atoms with E-state index in [4.69, 9.17) is 0 Å². The van der Waals surface area contributed by atoms with Gasteiger partial charge in [-0.1, -0.05) is 13.8 Å². The molecule has 19 heavy (non-hydrogen) atoms. The zero-order valence-corrected chi connectivity index (χ0v) is 12.5. The van der Waals surface area contributed by atoms with Crippen LogP contribution in [0.1, 0.15) is 39.4 Å². The molecule has 1 fully saturated rings. The van der Waals surface area contributed by atoms with E-state index in [-0.39, 0.29) is 0 Å². The van der Waals surface area contributed by atoms with Gasteiger partial charge in [0.2, 0.25) is 0 Å². The van der Waals surface area contributed by atoms with Crippen LogP contribution in [-0.2, 0) is 13.1 Å². The van der Waals surface area contributed by atoms with Crippen LogP contribution >= 0.6 is 0 Å². The highest BCUT2D eigenvalue weighted by atomic mass is 15.3. The fraction of sp³-hybridized carbons (Fsp3) is 0.857. The second kappa shape index (κ2) is 7.01. The van der Waals surface area contributed by atoms with Gasteiger partial charge in [-0.05, 0) is 38.8 Å². The number of piperidine rings is 1. The lowest BCUT2D eigenvalue weighted by molar-refractivity contribution is 0.179. The number of nitrogens with zero attached hydrogens (tertiary/aromatic N) is 4. The van der Waals surface area contributed by atoms with Crippen molar-refractivity contribution in [3.8, 4) is 0 Å². The van der Waals surface area contributed by atoms with Gasteiger partial charge < -0.3 is 14.8 Å². The van der Waals surface area contributed by atoms with Gasteiger partial charge in [-0.15, -0.1) is 10.2 Å². The first-order valence-corrected chi connectivity index (χ1v) is 7.51. The number of aromatic nitrogens is 3. The van der Waals surface area contributed by atoms with E-state index < -0.39 is 0 Å². The zero-order valence-electron chi connectivity index (χ0n) is 12.5.